The second-order valence-corrected chi connectivity index (χ2v) is 7.39. The lowest BCUT2D eigenvalue weighted by Gasteiger charge is -2.17. The molecule has 0 aromatic heterocycles. The molecule has 7 heteroatoms. The third-order valence-electron chi connectivity index (χ3n) is 4.99. The Morgan fingerprint density at radius 2 is 2.08 bits per heavy atom. The van der Waals surface area contributed by atoms with E-state index >= 15 is 0 Å². The fourth-order valence-electron chi connectivity index (χ4n) is 3.49. The Kier molecular flexibility index (Phi) is 9.34. The fraction of sp³-hybridized carbons (Fsp3) is 0.632. The summed E-state index contributed by atoms with van der Waals surface area (Å²) in [7, 11) is 0. The molecule has 0 radical (unpaired) electrons. The van der Waals surface area contributed by atoms with E-state index in [0.717, 1.165) is 38.2 Å². The Hall–Kier alpha value is -0.850. The van der Waals surface area contributed by atoms with E-state index in [0.29, 0.717) is 12.5 Å². The summed E-state index contributed by atoms with van der Waals surface area (Å²) in [6, 6.07) is 6.19. The van der Waals surface area contributed by atoms with E-state index in [2.05, 4.69) is 30.1 Å². The number of ether oxygens (including phenoxy) is 1. The lowest BCUT2D eigenvalue weighted by molar-refractivity contribution is -0.126. The van der Waals surface area contributed by atoms with Crippen LogP contribution in [0.2, 0.25) is 0 Å². The molecular formula is C19H31Cl2N3O2. The maximum absolute atomic E-state index is 12.5. The van der Waals surface area contributed by atoms with Crippen molar-refractivity contribution in [1.82, 2.24) is 4.90 Å². The maximum Gasteiger partial charge on any atom is 0.253 e. The van der Waals surface area contributed by atoms with E-state index in [1.165, 1.54) is 17.5 Å². The first-order chi connectivity index (χ1) is 11.6. The van der Waals surface area contributed by atoms with Crippen LogP contribution >= 0.6 is 24.8 Å². The molecule has 2 atom stereocenters. The lowest BCUT2D eigenvalue weighted by Crippen LogP contribution is -2.30. The highest BCUT2D eigenvalue weighted by atomic mass is 35.5. The summed E-state index contributed by atoms with van der Waals surface area (Å²) in [5.41, 5.74) is 9.14. The predicted octanol–water partition coefficient (Wildman–Crippen LogP) is 3.34. The zero-order chi connectivity index (χ0) is 17.1. The molecule has 0 unspecified atom stereocenters. The first-order valence-electron chi connectivity index (χ1n) is 9.06. The number of nitrogens with two attached hydrogens (primary N) is 1. The number of anilines is 1. The van der Waals surface area contributed by atoms with Crippen LogP contribution in [-0.2, 0) is 22.6 Å². The summed E-state index contributed by atoms with van der Waals surface area (Å²) in [5, 5.41) is 3.08. The van der Waals surface area contributed by atoms with Crippen molar-refractivity contribution in [3.05, 3.63) is 29.3 Å². The van der Waals surface area contributed by atoms with E-state index in [9.17, 15) is 4.79 Å². The number of carbonyl (C=O) groups excluding carboxylic acids is 1. The topological polar surface area (TPSA) is 67.6 Å². The van der Waals surface area contributed by atoms with Crippen LogP contribution in [0.25, 0.3) is 0 Å². The minimum absolute atomic E-state index is 0. The normalized spacial score (nSPS) is 21.8. The Balaban J connectivity index is 0.00000169. The van der Waals surface area contributed by atoms with E-state index in [1.807, 2.05) is 12.1 Å². The van der Waals surface area contributed by atoms with Crippen molar-refractivity contribution >= 4 is 36.4 Å². The average molecular weight is 404 g/mol. The second kappa shape index (κ2) is 10.5. The standard InChI is InChI=1S/C19H29N3O2.2ClH/c1-13(2)8-9-22-11-14-4-3-5-17(16(14)12-22)21-19(23)18-7-6-15(10-20)24-18;;/h3-5,13,15,18H,6-12,20H2,1-2H3,(H,21,23);2*1H/t15-,18+;;/m1../s1. The Labute approximate surface area is 168 Å². The monoisotopic (exact) mass is 403 g/mol. The zero-order valence-corrected chi connectivity index (χ0v) is 17.2. The van der Waals surface area contributed by atoms with E-state index in [-0.39, 0.29) is 42.9 Å². The third-order valence-corrected chi connectivity index (χ3v) is 4.99. The summed E-state index contributed by atoms with van der Waals surface area (Å²) < 4.78 is 5.70. The summed E-state index contributed by atoms with van der Waals surface area (Å²) in [4.78, 5) is 14.9. The van der Waals surface area contributed by atoms with Crippen molar-refractivity contribution in [2.24, 2.45) is 11.7 Å². The van der Waals surface area contributed by atoms with Gasteiger partial charge < -0.3 is 15.8 Å². The van der Waals surface area contributed by atoms with Crippen LogP contribution < -0.4 is 11.1 Å². The minimum Gasteiger partial charge on any atom is -0.364 e. The number of nitrogens with zero attached hydrogens (tertiary/aromatic N) is 1. The third kappa shape index (κ3) is 5.57. The predicted molar refractivity (Wildman–Crippen MR) is 110 cm³/mol. The van der Waals surface area contributed by atoms with Gasteiger partial charge in [0.15, 0.2) is 0 Å². The number of halogens is 2. The van der Waals surface area contributed by atoms with Gasteiger partial charge in [-0.05, 0) is 48.9 Å². The molecule has 1 amide bonds. The van der Waals surface area contributed by atoms with Gasteiger partial charge in [-0.15, -0.1) is 24.8 Å². The van der Waals surface area contributed by atoms with Gasteiger partial charge in [0.25, 0.3) is 5.91 Å². The van der Waals surface area contributed by atoms with Crippen LogP contribution in [0.5, 0.6) is 0 Å². The molecule has 3 rings (SSSR count). The molecule has 5 nitrogen and oxygen atoms in total. The number of rotatable bonds is 6. The number of hydrogen-bond donors (Lipinski definition) is 2. The summed E-state index contributed by atoms with van der Waals surface area (Å²) >= 11 is 0. The molecular weight excluding hydrogens is 373 g/mol. The van der Waals surface area contributed by atoms with E-state index in [4.69, 9.17) is 10.5 Å². The van der Waals surface area contributed by atoms with Crippen LogP contribution in [0.4, 0.5) is 5.69 Å². The molecule has 1 aromatic rings. The first-order valence-corrected chi connectivity index (χ1v) is 9.06. The highest BCUT2D eigenvalue weighted by molar-refractivity contribution is 5.95. The van der Waals surface area contributed by atoms with Gasteiger partial charge in [0.05, 0.1) is 6.10 Å². The summed E-state index contributed by atoms with van der Waals surface area (Å²) in [5.74, 6) is 0.669. The number of amides is 1. The molecule has 1 saturated heterocycles. The molecule has 0 aliphatic carbocycles. The molecule has 3 N–H and O–H groups in total. The quantitative estimate of drug-likeness (QED) is 0.763. The smallest absolute Gasteiger partial charge is 0.253 e. The zero-order valence-electron chi connectivity index (χ0n) is 15.6. The van der Waals surface area contributed by atoms with Crippen molar-refractivity contribution in [3.63, 3.8) is 0 Å². The minimum atomic E-state index is -0.368. The average Bonchev–Trinajstić information content (AvgIpc) is 3.20. The van der Waals surface area contributed by atoms with Crippen LogP contribution in [0.1, 0.15) is 44.2 Å². The van der Waals surface area contributed by atoms with Crippen molar-refractivity contribution in [2.75, 3.05) is 18.4 Å². The van der Waals surface area contributed by atoms with E-state index < -0.39 is 0 Å². The molecule has 2 heterocycles. The molecule has 148 valence electrons. The number of nitrogens with one attached hydrogen (secondary N) is 1. The van der Waals surface area contributed by atoms with Gasteiger partial charge in [-0.2, -0.15) is 0 Å². The fourth-order valence-corrected chi connectivity index (χ4v) is 3.49. The number of fused-ring (bicyclic) bond motifs is 1. The number of benzene rings is 1. The van der Waals surface area contributed by atoms with Gasteiger partial charge in [0, 0.05) is 25.3 Å². The summed E-state index contributed by atoms with van der Waals surface area (Å²) in [6.45, 7) is 7.98. The van der Waals surface area contributed by atoms with Crippen molar-refractivity contribution in [2.45, 2.75) is 58.4 Å². The van der Waals surface area contributed by atoms with Crippen LogP contribution in [-0.4, -0.2) is 36.1 Å². The number of carbonyl (C=O) groups is 1. The Bertz CT molecular complexity index is 598. The van der Waals surface area contributed by atoms with Gasteiger partial charge in [-0.1, -0.05) is 26.0 Å². The molecule has 0 saturated carbocycles. The van der Waals surface area contributed by atoms with Gasteiger partial charge in [0.2, 0.25) is 0 Å². The molecule has 2 aliphatic heterocycles. The van der Waals surface area contributed by atoms with Crippen LogP contribution in [0.15, 0.2) is 18.2 Å². The SMILES string of the molecule is CC(C)CCN1Cc2cccc(NC(=O)[C@@H]3CC[C@H](CN)O3)c2C1.Cl.Cl. The van der Waals surface area contributed by atoms with Crippen molar-refractivity contribution < 1.29 is 9.53 Å². The second-order valence-electron chi connectivity index (χ2n) is 7.39. The van der Waals surface area contributed by atoms with Crippen molar-refractivity contribution in [3.8, 4) is 0 Å². The van der Waals surface area contributed by atoms with Gasteiger partial charge in [0.1, 0.15) is 6.10 Å². The molecule has 1 aromatic carbocycles. The van der Waals surface area contributed by atoms with E-state index in [1.54, 1.807) is 0 Å². The highest BCUT2D eigenvalue weighted by Gasteiger charge is 2.31. The van der Waals surface area contributed by atoms with Gasteiger partial charge in [-0.25, -0.2) is 0 Å². The molecule has 2 aliphatic rings. The highest BCUT2D eigenvalue weighted by Crippen LogP contribution is 2.30. The number of hydrogen-bond acceptors (Lipinski definition) is 4. The molecule has 26 heavy (non-hydrogen) atoms. The molecule has 1 fully saturated rings. The Morgan fingerprint density at radius 1 is 1.31 bits per heavy atom. The largest absolute Gasteiger partial charge is 0.364 e. The van der Waals surface area contributed by atoms with Gasteiger partial charge in [-0.3, -0.25) is 9.69 Å². The Morgan fingerprint density at radius 3 is 2.73 bits per heavy atom. The lowest BCUT2D eigenvalue weighted by atomic mass is 10.1. The van der Waals surface area contributed by atoms with Gasteiger partial charge >= 0.3 is 0 Å². The first kappa shape index (κ1) is 23.2. The summed E-state index contributed by atoms with van der Waals surface area (Å²) in [6.07, 6.45) is 2.47. The molecule has 0 bridgehead atoms. The van der Waals surface area contributed by atoms with Crippen LogP contribution in [0.3, 0.4) is 0 Å². The van der Waals surface area contributed by atoms with Crippen molar-refractivity contribution in [1.29, 1.82) is 0 Å². The maximum atomic E-state index is 12.5. The molecule has 0 spiro atoms. The van der Waals surface area contributed by atoms with Crippen LogP contribution in [0, 0.1) is 5.92 Å².